The lowest BCUT2D eigenvalue weighted by molar-refractivity contribution is -0.0624. The summed E-state index contributed by atoms with van der Waals surface area (Å²) in [6, 6.07) is 0.765. The van der Waals surface area contributed by atoms with Crippen molar-refractivity contribution < 1.29 is 0 Å². The van der Waals surface area contributed by atoms with E-state index in [-0.39, 0.29) is 0 Å². The van der Waals surface area contributed by atoms with Gasteiger partial charge in [0.05, 0.1) is 0 Å². The monoisotopic (exact) mass is 289 g/mol. The van der Waals surface area contributed by atoms with Crippen molar-refractivity contribution in [3.05, 3.63) is 12.7 Å². The summed E-state index contributed by atoms with van der Waals surface area (Å²) in [6.45, 7) is 7.37. The first-order chi connectivity index (χ1) is 10.2. The molecule has 0 aromatic heterocycles. The van der Waals surface area contributed by atoms with Crippen molar-refractivity contribution in [3.63, 3.8) is 0 Å². The van der Waals surface area contributed by atoms with Crippen molar-refractivity contribution in [3.8, 4) is 0 Å². The molecule has 1 N–H and O–H groups in total. The van der Waals surface area contributed by atoms with Crippen LogP contribution in [-0.4, -0.2) is 12.6 Å². The zero-order chi connectivity index (χ0) is 14.7. The molecule has 4 aliphatic rings. The second-order valence-corrected chi connectivity index (χ2v) is 8.49. The summed E-state index contributed by atoms with van der Waals surface area (Å²) in [7, 11) is 0. The first-order valence-corrected chi connectivity index (χ1v) is 9.57. The summed E-state index contributed by atoms with van der Waals surface area (Å²) in [5, 5.41) is 3.87. The third-order valence-corrected chi connectivity index (χ3v) is 6.49. The standard InChI is InChI=1S/C20H35N/c1-3-5-6-7-19(21-8-4-2)15-20-12-16-9-17(13-20)11-18(10-16)14-20/h3,16-19,21H,1,4-15H2,2H3. The zero-order valence-electron chi connectivity index (χ0n) is 14.1. The van der Waals surface area contributed by atoms with Gasteiger partial charge in [-0.15, -0.1) is 6.58 Å². The molecule has 4 fully saturated rings. The Bertz CT molecular complexity index is 310. The van der Waals surface area contributed by atoms with Crippen LogP contribution in [0.15, 0.2) is 12.7 Å². The lowest BCUT2D eigenvalue weighted by Crippen LogP contribution is -2.49. The van der Waals surface area contributed by atoms with E-state index >= 15 is 0 Å². The van der Waals surface area contributed by atoms with Gasteiger partial charge in [-0.3, -0.25) is 0 Å². The van der Waals surface area contributed by atoms with E-state index in [9.17, 15) is 0 Å². The highest BCUT2D eigenvalue weighted by Gasteiger charge is 2.51. The highest BCUT2D eigenvalue weighted by atomic mass is 14.9. The summed E-state index contributed by atoms with van der Waals surface area (Å²) in [5.41, 5.74) is 0.730. The second kappa shape index (κ2) is 6.86. The van der Waals surface area contributed by atoms with Gasteiger partial charge in [0.1, 0.15) is 0 Å². The Kier molecular flexibility index (Phi) is 5.09. The first-order valence-electron chi connectivity index (χ1n) is 9.57. The van der Waals surface area contributed by atoms with Crippen LogP contribution in [0.1, 0.15) is 77.6 Å². The Hall–Kier alpha value is -0.300. The quantitative estimate of drug-likeness (QED) is 0.447. The number of allylic oxidation sites excluding steroid dienone is 1. The maximum Gasteiger partial charge on any atom is 0.00724 e. The Morgan fingerprint density at radius 1 is 1.14 bits per heavy atom. The van der Waals surface area contributed by atoms with Gasteiger partial charge in [-0.1, -0.05) is 13.0 Å². The van der Waals surface area contributed by atoms with E-state index in [0.717, 1.165) is 29.2 Å². The Labute approximate surface area is 132 Å². The van der Waals surface area contributed by atoms with Gasteiger partial charge in [0.15, 0.2) is 0 Å². The van der Waals surface area contributed by atoms with Gasteiger partial charge in [0, 0.05) is 6.04 Å². The van der Waals surface area contributed by atoms with E-state index in [0.29, 0.717) is 0 Å². The fourth-order valence-electron chi connectivity index (χ4n) is 6.20. The van der Waals surface area contributed by atoms with Crippen LogP contribution in [0.25, 0.3) is 0 Å². The molecule has 21 heavy (non-hydrogen) atoms. The summed E-state index contributed by atoms with van der Waals surface area (Å²) in [6.07, 6.45) is 18.1. The largest absolute Gasteiger partial charge is 0.314 e. The van der Waals surface area contributed by atoms with Crippen LogP contribution >= 0.6 is 0 Å². The molecule has 4 saturated carbocycles. The minimum absolute atomic E-state index is 0.730. The third kappa shape index (κ3) is 3.73. The van der Waals surface area contributed by atoms with Crippen molar-refractivity contribution >= 4 is 0 Å². The maximum atomic E-state index is 3.88. The average Bonchev–Trinajstić information content (AvgIpc) is 2.43. The SMILES string of the molecule is C=CCCCC(CC12CC3CC(CC(C3)C1)C2)NCCC. The van der Waals surface area contributed by atoms with Crippen LogP contribution in [0, 0.1) is 23.2 Å². The van der Waals surface area contributed by atoms with E-state index in [4.69, 9.17) is 0 Å². The van der Waals surface area contributed by atoms with Gasteiger partial charge in [0.2, 0.25) is 0 Å². The van der Waals surface area contributed by atoms with Gasteiger partial charge in [-0.05, 0) is 100 Å². The molecule has 0 aliphatic heterocycles. The summed E-state index contributed by atoms with van der Waals surface area (Å²) in [5.74, 6) is 3.28. The number of unbranched alkanes of at least 4 members (excludes halogenated alkanes) is 1. The normalized spacial score (nSPS) is 38.6. The van der Waals surface area contributed by atoms with E-state index in [1.54, 1.807) is 38.5 Å². The molecule has 0 aromatic carbocycles. The first kappa shape index (κ1) is 15.6. The minimum atomic E-state index is 0.730. The summed E-state index contributed by atoms with van der Waals surface area (Å²) < 4.78 is 0. The molecule has 0 radical (unpaired) electrons. The van der Waals surface area contributed by atoms with Gasteiger partial charge in [-0.25, -0.2) is 0 Å². The fourth-order valence-corrected chi connectivity index (χ4v) is 6.20. The number of hydrogen-bond acceptors (Lipinski definition) is 1. The second-order valence-electron chi connectivity index (χ2n) is 8.49. The molecule has 0 aromatic rings. The molecule has 1 atom stereocenters. The molecule has 120 valence electrons. The predicted octanol–water partition coefficient (Wildman–Crippen LogP) is 5.32. The van der Waals surface area contributed by atoms with Crippen LogP contribution in [0.2, 0.25) is 0 Å². The lowest BCUT2D eigenvalue weighted by atomic mass is 9.48. The molecule has 0 heterocycles. The highest BCUT2D eigenvalue weighted by molar-refractivity contribution is 5.02. The topological polar surface area (TPSA) is 12.0 Å². The van der Waals surface area contributed by atoms with Crippen molar-refractivity contribution in [1.82, 2.24) is 5.32 Å². The lowest BCUT2D eigenvalue weighted by Gasteiger charge is -2.57. The van der Waals surface area contributed by atoms with Crippen LogP contribution < -0.4 is 5.32 Å². The van der Waals surface area contributed by atoms with Crippen LogP contribution in [0.3, 0.4) is 0 Å². The Balaban J connectivity index is 1.59. The molecule has 4 rings (SSSR count). The van der Waals surface area contributed by atoms with E-state index in [1.807, 2.05) is 0 Å². The molecule has 1 nitrogen and oxygen atoms in total. The average molecular weight is 290 g/mol. The van der Waals surface area contributed by atoms with Gasteiger partial charge >= 0.3 is 0 Å². The molecule has 1 heteroatoms. The summed E-state index contributed by atoms with van der Waals surface area (Å²) in [4.78, 5) is 0. The number of rotatable bonds is 9. The van der Waals surface area contributed by atoms with Crippen molar-refractivity contribution in [2.24, 2.45) is 23.2 Å². The smallest absolute Gasteiger partial charge is 0.00724 e. The van der Waals surface area contributed by atoms with Crippen LogP contribution in [0.5, 0.6) is 0 Å². The Morgan fingerprint density at radius 3 is 2.29 bits per heavy atom. The molecule has 1 unspecified atom stereocenters. The van der Waals surface area contributed by atoms with Gasteiger partial charge < -0.3 is 5.32 Å². The molecular weight excluding hydrogens is 254 g/mol. The predicted molar refractivity (Wildman–Crippen MR) is 91.4 cm³/mol. The van der Waals surface area contributed by atoms with Crippen molar-refractivity contribution in [2.75, 3.05) is 6.54 Å². The van der Waals surface area contributed by atoms with Gasteiger partial charge in [0.25, 0.3) is 0 Å². The Morgan fingerprint density at radius 2 is 1.76 bits per heavy atom. The molecular formula is C20H35N. The zero-order valence-corrected chi connectivity index (χ0v) is 14.1. The highest BCUT2D eigenvalue weighted by Crippen LogP contribution is 2.61. The molecule has 0 amide bonds. The van der Waals surface area contributed by atoms with E-state index in [2.05, 4.69) is 24.9 Å². The maximum absolute atomic E-state index is 3.88. The number of hydrogen-bond donors (Lipinski definition) is 1. The van der Waals surface area contributed by atoms with E-state index < -0.39 is 0 Å². The molecule has 0 saturated heterocycles. The molecule has 0 spiro atoms. The molecule has 4 bridgehead atoms. The summed E-state index contributed by atoms with van der Waals surface area (Å²) >= 11 is 0. The molecule has 4 aliphatic carbocycles. The van der Waals surface area contributed by atoms with Crippen molar-refractivity contribution in [1.29, 1.82) is 0 Å². The van der Waals surface area contributed by atoms with Crippen molar-refractivity contribution in [2.45, 2.75) is 83.6 Å². The third-order valence-electron chi connectivity index (χ3n) is 6.49. The van der Waals surface area contributed by atoms with E-state index in [1.165, 1.54) is 38.6 Å². The van der Waals surface area contributed by atoms with Crippen LogP contribution in [-0.2, 0) is 0 Å². The van der Waals surface area contributed by atoms with Gasteiger partial charge in [-0.2, -0.15) is 0 Å². The fraction of sp³-hybridized carbons (Fsp3) is 0.900. The van der Waals surface area contributed by atoms with Crippen LogP contribution in [0.4, 0.5) is 0 Å². The minimum Gasteiger partial charge on any atom is -0.314 e. The number of nitrogens with one attached hydrogen (secondary N) is 1.